The summed E-state index contributed by atoms with van der Waals surface area (Å²) in [7, 11) is 1.45. The molecule has 0 radical (unpaired) electrons. The summed E-state index contributed by atoms with van der Waals surface area (Å²) in [5.41, 5.74) is 1.29. The van der Waals surface area contributed by atoms with Crippen LogP contribution in [0.2, 0.25) is 0 Å². The largest absolute Gasteiger partial charge is 0.494 e. The highest BCUT2D eigenvalue weighted by Crippen LogP contribution is 2.33. The van der Waals surface area contributed by atoms with Crippen LogP contribution in [0.4, 0.5) is 4.39 Å². The molecule has 0 saturated heterocycles. The lowest BCUT2D eigenvalue weighted by Gasteiger charge is -2.12. The van der Waals surface area contributed by atoms with E-state index in [1.54, 1.807) is 19.9 Å². The van der Waals surface area contributed by atoms with E-state index >= 15 is 0 Å². The van der Waals surface area contributed by atoms with Gasteiger partial charge in [-0.1, -0.05) is 0 Å². The van der Waals surface area contributed by atoms with Gasteiger partial charge in [0.05, 0.1) is 13.3 Å². The van der Waals surface area contributed by atoms with E-state index in [2.05, 4.69) is 9.97 Å². The highest BCUT2D eigenvalue weighted by atomic mass is 19.1. The van der Waals surface area contributed by atoms with Gasteiger partial charge in [-0.3, -0.25) is 4.98 Å². The van der Waals surface area contributed by atoms with Gasteiger partial charge in [-0.2, -0.15) is 4.39 Å². The number of pyridine rings is 2. The molecule has 0 saturated carbocycles. The SMILES string of the molecule is COc1cnc(C)cc1-c1cc(C)nc(F)c1C(=O)O. The van der Waals surface area contributed by atoms with Gasteiger partial charge < -0.3 is 9.84 Å². The van der Waals surface area contributed by atoms with Crippen LogP contribution in [0.5, 0.6) is 5.75 Å². The highest BCUT2D eigenvalue weighted by molar-refractivity contribution is 5.97. The Hall–Kier alpha value is -2.50. The van der Waals surface area contributed by atoms with Gasteiger partial charge in [0.2, 0.25) is 5.95 Å². The third-order valence-electron chi connectivity index (χ3n) is 2.83. The molecule has 2 heterocycles. The van der Waals surface area contributed by atoms with Gasteiger partial charge in [0.1, 0.15) is 11.3 Å². The summed E-state index contributed by atoms with van der Waals surface area (Å²) in [6.07, 6.45) is 1.48. The van der Waals surface area contributed by atoms with Gasteiger partial charge in [0.15, 0.2) is 0 Å². The van der Waals surface area contributed by atoms with E-state index in [0.717, 1.165) is 0 Å². The topological polar surface area (TPSA) is 72.3 Å². The Morgan fingerprint density at radius 2 is 1.90 bits per heavy atom. The third kappa shape index (κ3) is 2.45. The van der Waals surface area contributed by atoms with Gasteiger partial charge in [0, 0.05) is 22.5 Å². The number of carbonyl (C=O) groups is 1. The number of carboxylic acids is 1. The van der Waals surface area contributed by atoms with Crippen LogP contribution in [0, 0.1) is 19.8 Å². The molecule has 0 aliphatic heterocycles. The third-order valence-corrected chi connectivity index (χ3v) is 2.83. The van der Waals surface area contributed by atoms with E-state index in [-0.39, 0.29) is 5.56 Å². The average molecular weight is 276 g/mol. The standard InChI is InChI=1S/C14H13FN2O3/c1-7-4-9(11(20-3)6-16-7)10-5-8(2)17-13(15)12(10)14(18)19/h4-6H,1-3H3,(H,18,19). The Morgan fingerprint density at radius 1 is 1.25 bits per heavy atom. The van der Waals surface area contributed by atoms with Crippen LogP contribution in [0.3, 0.4) is 0 Å². The lowest BCUT2D eigenvalue weighted by molar-refractivity contribution is 0.0691. The minimum atomic E-state index is -1.37. The van der Waals surface area contributed by atoms with Crippen LogP contribution in [-0.2, 0) is 0 Å². The summed E-state index contributed by atoms with van der Waals surface area (Å²) >= 11 is 0. The quantitative estimate of drug-likeness (QED) is 0.872. The fourth-order valence-corrected chi connectivity index (χ4v) is 1.97. The van der Waals surface area contributed by atoms with E-state index in [1.807, 2.05) is 0 Å². The molecule has 2 aromatic rings. The average Bonchev–Trinajstić information content (AvgIpc) is 2.37. The predicted molar refractivity (Wildman–Crippen MR) is 70.4 cm³/mol. The Balaban J connectivity index is 2.81. The normalized spacial score (nSPS) is 10.4. The monoisotopic (exact) mass is 276 g/mol. The molecule has 0 fully saturated rings. The van der Waals surface area contributed by atoms with Gasteiger partial charge in [-0.15, -0.1) is 0 Å². The molecule has 104 valence electrons. The number of hydrogen-bond donors (Lipinski definition) is 1. The number of aromatic carboxylic acids is 1. The van der Waals surface area contributed by atoms with Crippen LogP contribution < -0.4 is 4.74 Å². The molecular weight excluding hydrogens is 263 g/mol. The summed E-state index contributed by atoms with van der Waals surface area (Å²) in [5.74, 6) is -2.01. The number of aryl methyl sites for hydroxylation is 2. The van der Waals surface area contributed by atoms with Crippen molar-refractivity contribution in [3.8, 4) is 16.9 Å². The predicted octanol–water partition coefficient (Wildman–Crippen LogP) is 2.61. The van der Waals surface area contributed by atoms with Crippen molar-refractivity contribution in [1.82, 2.24) is 9.97 Å². The van der Waals surface area contributed by atoms with Gasteiger partial charge >= 0.3 is 5.97 Å². The Kier molecular flexibility index (Phi) is 3.65. The Labute approximate surface area is 115 Å². The van der Waals surface area contributed by atoms with Crippen LogP contribution in [0.15, 0.2) is 18.3 Å². The van der Waals surface area contributed by atoms with Gasteiger partial charge in [0.25, 0.3) is 0 Å². The highest BCUT2D eigenvalue weighted by Gasteiger charge is 2.21. The molecule has 0 amide bonds. The fraction of sp³-hybridized carbons (Fsp3) is 0.214. The van der Waals surface area contributed by atoms with Crippen LogP contribution >= 0.6 is 0 Å². The second-order valence-corrected chi connectivity index (χ2v) is 4.31. The first-order valence-corrected chi connectivity index (χ1v) is 5.85. The molecule has 6 heteroatoms. The van der Waals surface area contributed by atoms with Gasteiger partial charge in [-0.25, -0.2) is 9.78 Å². The number of ether oxygens (including phenoxy) is 1. The molecule has 20 heavy (non-hydrogen) atoms. The fourth-order valence-electron chi connectivity index (χ4n) is 1.97. The molecule has 0 atom stereocenters. The van der Waals surface area contributed by atoms with Crippen LogP contribution in [0.1, 0.15) is 21.7 Å². The summed E-state index contributed by atoms with van der Waals surface area (Å²) in [5, 5.41) is 9.20. The summed E-state index contributed by atoms with van der Waals surface area (Å²) < 4.78 is 19.0. The maximum atomic E-state index is 13.8. The number of hydrogen-bond acceptors (Lipinski definition) is 4. The number of aromatic nitrogens is 2. The molecule has 1 N–H and O–H groups in total. The minimum absolute atomic E-state index is 0.227. The lowest BCUT2D eigenvalue weighted by atomic mass is 10.00. The number of nitrogens with zero attached hydrogens (tertiary/aromatic N) is 2. The second-order valence-electron chi connectivity index (χ2n) is 4.31. The first-order chi connectivity index (χ1) is 9.43. The zero-order valence-electron chi connectivity index (χ0n) is 11.3. The molecule has 0 spiro atoms. The molecule has 0 aliphatic carbocycles. The van der Waals surface area contributed by atoms with Crippen molar-refractivity contribution in [3.63, 3.8) is 0 Å². The minimum Gasteiger partial charge on any atom is -0.494 e. The van der Waals surface area contributed by atoms with Crippen molar-refractivity contribution < 1.29 is 19.0 Å². The van der Waals surface area contributed by atoms with Crippen LogP contribution in [0.25, 0.3) is 11.1 Å². The molecule has 5 nitrogen and oxygen atoms in total. The van der Waals surface area contributed by atoms with Crippen molar-refractivity contribution in [2.75, 3.05) is 7.11 Å². The number of halogens is 1. The Bertz CT molecular complexity index is 686. The molecule has 0 unspecified atom stereocenters. The van der Waals surface area contributed by atoms with E-state index in [0.29, 0.717) is 22.7 Å². The summed E-state index contributed by atoms with van der Waals surface area (Å²) in [4.78, 5) is 18.9. The molecule has 0 bridgehead atoms. The zero-order valence-corrected chi connectivity index (χ0v) is 11.3. The van der Waals surface area contributed by atoms with E-state index in [4.69, 9.17) is 4.74 Å². The van der Waals surface area contributed by atoms with E-state index in [1.165, 1.54) is 19.4 Å². The molecular formula is C14H13FN2O3. The first kappa shape index (κ1) is 13.9. The van der Waals surface area contributed by atoms with Crippen molar-refractivity contribution in [3.05, 3.63) is 41.2 Å². The smallest absolute Gasteiger partial charge is 0.341 e. The van der Waals surface area contributed by atoms with E-state index in [9.17, 15) is 14.3 Å². The van der Waals surface area contributed by atoms with E-state index < -0.39 is 17.5 Å². The lowest BCUT2D eigenvalue weighted by Crippen LogP contribution is -2.07. The maximum Gasteiger partial charge on any atom is 0.341 e. The number of carboxylic acid groups (broad SMARTS) is 1. The molecule has 2 aromatic heterocycles. The molecule has 0 aromatic carbocycles. The number of methoxy groups -OCH3 is 1. The van der Waals surface area contributed by atoms with Gasteiger partial charge in [-0.05, 0) is 26.0 Å². The molecule has 2 rings (SSSR count). The van der Waals surface area contributed by atoms with Crippen molar-refractivity contribution in [1.29, 1.82) is 0 Å². The number of rotatable bonds is 3. The molecule has 0 aliphatic rings. The maximum absolute atomic E-state index is 13.8. The Morgan fingerprint density at radius 3 is 2.50 bits per heavy atom. The zero-order chi connectivity index (χ0) is 14.9. The van der Waals surface area contributed by atoms with Crippen molar-refractivity contribution in [2.24, 2.45) is 0 Å². The van der Waals surface area contributed by atoms with Crippen molar-refractivity contribution >= 4 is 5.97 Å². The van der Waals surface area contributed by atoms with Crippen molar-refractivity contribution in [2.45, 2.75) is 13.8 Å². The summed E-state index contributed by atoms with van der Waals surface area (Å²) in [6.45, 7) is 3.35. The second kappa shape index (κ2) is 5.24. The first-order valence-electron chi connectivity index (χ1n) is 5.85. The van der Waals surface area contributed by atoms with Crippen LogP contribution in [-0.4, -0.2) is 28.2 Å². The summed E-state index contributed by atoms with van der Waals surface area (Å²) in [6, 6.07) is 3.17.